The molecule has 1 saturated heterocycles. The van der Waals surface area contributed by atoms with E-state index in [4.69, 9.17) is 0 Å². The Labute approximate surface area is 175 Å². The van der Waals surface area contributed by atoms with Gasteiger partial charge in [0.05, 0.1) is 0 Å². The molecule has 0 bridgehead atoms. The maximum atomic E-state index is 13.2. The molecule has 29 heavy (non-hydrogen) atoms. The molecule has 3 aliphatic rings. The molecule has 3 fully saturated rings. The van der Waals surface area contributed by atoms with E-state index in [0.29, 0.717) is 26.1 Å². The summed E-state index contributed by atoms with van der Waals surface area (Å²) in [7, 11) is 0. The van der Waals surface area contributed by atoms with Gasteiger partial charge in [-0.2, -0.15) is 0 Å². The van der Waals surface area contributed by atoms with Gasteiger partial charge >= 0.3 is 0 Å². The lowest BCUT2D eigenvalue weighted by Crippen LogP contribution is -2.60. The van der Waals surface area contributed by atoms with E-state index in [2.05, 4.69) is 12.2 Å². The van der Waals surface area contributed by atoms with Gasteiger partial charge in [-0.3, -0.25) is 14.4 Å². The largest absolute Gasteiger partial charge is 0.344 e. The van der Waals surface area contributed by atoms with Crippen LogP contribution in [-0.4, -0.2) is 59.2 Å². The minimum atomic E-state index is -0.454. The van der Waals surface area contributed by atoms with Gasteiger partial charge in [0.15, 0.2) is 0 Å². The van der Waals surface area contributed by atoms with Crippen LogP contribution in [-0.2, 0) is 14.4 Å². The monoisotopic (exact) mass is 405 g/mol. The minimum Gasteiger partial charge on any atom is -0.344 e. The molecular formula is C23H39N3O3. The lowest BCUT2D eigenvalue weighted by molar-refractivity contribution is -0.145. The first-order valence-corrected chi connectivity index (χ1v) is 11.8. The first kappa shape index (κ1) is 22.1. The number of nitrogens with one attached hydrogen (secondary N) is 1. The van der Waals surface area contributed by atoms with Crippen molar-refractivity contribution in [3.8, 4) is 0 Å². The summed E-state index contributed by atoms with van der Waals surface area (Å²) < 4.78 is 0. The van der Waals surface area contributed by atoms with Crippen LogP contribution in [0.25, 0.3) is 0 Å². The zero-order valence-electron chi connectivity index (χ0n) is 18.5. The highest BCUT2D eigenvalue weighted by atomic mass is 16.2. The Bertz CT molecular complexity index is 598. The molecule has 1 aliphatic heterocycles. The van der Waals surface area contributed by atoms with Gasteiger partial charge < -0.3 is 15.1 Å². The zero-order valence-corrected chi connectivity index (χ0v) is 18.5. The lowest BCUT2D eigenvalue weighted by Gasteiger charge is -2.41. The number of carbonyl (C=O) groups excluding carboxylic acids is 3. The van der Waals surface area contributed by atoms with Gasteiger partial charge in [0.25, 0.3) is 0 Å². The number of amides is 3. The summed E-state index contributed by atoms with van der Waals surface area (Å²) in [6, 6.07) is -0.426. The molecule has 1 heterocycles. The van der Waals surface area contributed by atoms with Crippen LogP contribution in [0.3, 0.4) is 0 Å². The fourth-order valence-corrected chi connectivity index (χ4v) is 4.79. The molecule has 1 N–H and O–H groups in total. The second-order valence-electron chi connectivity index (χ2n) is 9.56. The molecule has 0 aromatic rings. The van der Waals surface area contributed by atoms with Crippen LogP contribution in [0.2, 0.25) is 0 Å². The third-order valence-corrected chi connectivity index (χ3v) is 7.23. The number of nitrogens with zero attached hydrogens (tertiary/aromatic N) is 2. The van der Waals surface area contributed by atoms with Crippen LogP contribution in [0.1, 0.15) is 78.6 Å². The topological polar surface area (TPSA) is 69.7 Å². The van der Waals surface area contributed by atoms with E-state index in [0.717, 1.165) is 31.6 Å². The number of rotatable bonds is 8. The molecule has 164 valence electrons. The predicted molar refractivity (Wildman–Crippen MR) is 113 cm³/mol. The van der Waals surface area contributed by atoms with Crippen molar-refractivity contribution in [2.75, 3.05) is 19.6 Å². The Morgan fingerprint density at radius 3 is 2.34 bits per heavy atom. The number of hydrogen-bond donors (Lipinski definition) is 1. The van der Waals surface area contributed by atoms with Crippen molar-refractivity contribution in [1.29, 1.82) is 0 Å². The second kappa shape index (κ2) is 9.94. The smallest absolute Gasteiger partial charge is 0.245 e. The van der Waals surface area contributed by atoms with E-state index in [1.807, 2.05) is 23.6 Å². The maximum absolute atomic E-state index is 13.2. The molecule has 6 nitrogen and oxygen atoms in total. The molecule has 0 spiro atoms. The summed E-state index contributed by atoms with van der Waals surface area (Å²) in [5.74, 6) is 1.20. The van der Waals surface area contributed by atoms with E-state index in [1.165, 1.54) is 25.7 Å². The van der Waals surface area contributed by atoms with Crippen LogP contribution < -0.4 is 5.32 Å². The van der Waals surface area contributed by atoms with E-state index in [1.54, 1.807) is 0 Å². The molecule has 6 heteroatoms. The van der Waals surface area contributed by atoms with Gasteiger partial charge in [0.2, 0.25) is 17.7 Å². The molecule has 3 unspecified atom stereocenters. The Morgan fingerprint density at radius 1 is 1.07 bits per heavy atom. The Balaban J connectivity index is 1.52. The quantitative estimate of drug-likeness (QED) is 0.675. The molecular weight excluding hydrogens is 366 g/mol. The van der Waals surface area contributed by atoms with Crippen LogP contribution in [0.4, 0.5) is 0 Å². The number of hydrogen-bond acceptors (Lipinski definition) is 3. The minimum absolute atomic E-state index is 0.0123. The predicted octanol–water partition coefficient (Wildman–Crippen LogP) is 2.96. The van der Waals surface area contributed by atoms with Gasteiger partial charge in [0, 0.05) is 38.0 Å². The maximum Gasteiger partial charge on any atom is 0.245 e. The first-order chi connectivity index (χ1) is 13.9. The molecule has 2 saturated carbocycles. The van der Waals surface area contributed by atoms with Crippen LogP contribution in [0, 0.1) is 17.8 Å². The lowest BCUT2D eigenvalue weighted by atomic mass is 9.96. The van der Waals surface area contributed by atoms with E-state index < -0.39 is 6.04 Å². The fourth-order valence-electron chi connectivity index (χ4n) is 4.79. The SMILES string of the molecule is CCC(C)C(NC(=O)C1CC1)C(=O)N1CCN(C(=O)CCC2CCCC2)C(C)C1. The van der Waals surface area contributed by atoms with Crippen LogP contribution in [0.15, 0.2) is 0 Å². The average molecular weight is 406 g/mol. The summed E-state index contributed by atoms with van der Waals surface area (Å²) in [5.41, 5.74) is 0. The van der Waals surface area contributed by atoms with Crippen molar-refractivity contribution in [3.63, 3.8) is 0 Å². The Kier molecular flexibility index (Phi) is 7.58. The summed E-state index contributed by atoms with van der Waals surface area (Å²) in [6.45, 7) is 7.83. The molecule has 3 atom stereocenters. The number of carbonyl (C=O) groups is 3. The van der Waals surface area contributed by atoms with Crippen molar-refractivity contribution in [2.45, 2.75) is 90.6 Å². The average Bonchev–Trinajstić information content (AvgIpc) is 3.45. The van der Waals surface area contributed by atoms with Gasteiger partial charge in [-0.05, 0) is 38.0 Å². The van der Waals surface area contributed by atoms with Gasteiger partial charge in [0.1, 0.15) is 6.04 Å². The van der Waals surface area contributed by atoms with Crippen molar-refractivity contribution in [3.05, 3.63) is 0 Å². The normalized spacial score (nSPS) is 25.0. The third-order valence-electron chi connectivity index (χ3n) is 7.23. The van der Waals surface area contributed by atoms with Crippen molar-refractivity contribution >= 4 is 17.7 Å². The van der Waals surface area contributed by atoms with Crippen molar-refractivity contribution < 1.29 is 14.4 Å². The molecule has 0 aromatic carbocycles. The Morgan fingerprint density at radius 2 is 1.76 bits per heavy atom. The molecule has 0 radical (unpaired) electrons. The number of piperazine rings is 1. The molecule has 3 rings (SSSR count). The van der Waals surface area contributed by atoms with E-state index in [9.17, 15) is 14.4 Å². The summed E-state index contributed by atoms with van der Waals surface area (Å²) >= 11 is 0. The molecule has 3 amide bonds. The van der Waals surface area contributed by atoms with Gasteiger partial charge in [-0.1, -0.05) is 46.0 Å². The summed E-state index contributed by atoms with van der Waals surface area (Å²) in [5, 5.41) is 3.02. The molecule has 2 aliphatic carbocycles. The summed E-state index contributed by atoms with van der Waals surface area (Å²) in [4.78, 5) is 42.0. The highest BCUT2D eigenvalue weighted by Gasteiger charge is 2.38. The van der Waals surface area contributed by atoms with Crippen molar-refractivity contribution in [1.82, 2.24) is 15.1 Å². The fraction of sp³-hybridized carbons (Fsp3) is 0.870. The highest BCUT2D eigenvalue weighted by molar-refractivity contribution is 5.89. The third kappa shape index (κ3) is 5.73. The van der Waals surface area contributed by atoms with E-state index >= 15 is 0 Å². The van der Waals surface area contributed by atoms with Gasteiger partial charge in [-0.25, -0.2) is 0 Å². The van der Waals surface area contributed by atoms with E-state index in [-0.39, 0.29) is 35.6 Å². The first-order valence-electron chi connectivity index (χ1n) is 11.8. The zero-order chi connectivity index (χ0) is 21.0. The summed E-state index contributed by atoms with van der Waals surface area (Å²) in [6.07, 6.45) is 9.52. The highest BCUT2D eigenvalue weighted by Crippen LogP contribution is 2.30. The van der Waals surface area contributed by atoms with Crippen LogP contribution >= 0.6 is 0 Å². The van der Waals surface area contributed by atoms with Crippen molar-refractivity contribution in [2.24, 2.45) is 17.8 Å². The van der Waals surface area contributed by atoms with Crippen LogP contribution in [0.5, 0.6) is 0 Å². The van der Waals surface area contributed by atoms with Gasteiger partial charge in [-0.15, -0.1) is 0 Å². The Hall–Kier alpha value is -1.59. The molecule has 0 aromatic heterocycles. The standard InChI is InChI=1S/C23H39N3O3/c1-4-16(2)21(24-22(28)19-10-11-19)23(29)25-13-14-26(17(3)15-25)20(27)12-9-18-7-5-6-8-18/h16-19,21H,4-15H2,1-3H3,(H,24,28). The second-order valence-corrected chi connectivity index (χ2v) is 9.56.